The summed E-state index contributed by atoms with van der Waals surface area (Å²) in [6.07, 6.45) is 0. The maximum absolute atomic E-state index is 4.42. The van der Waals surface area contributed by atoms with E-state index in [-0.39, 0.29) is 0 Å². The van der Waals surface area contributed by atoms with E-state index in [0.29, 0.717) is 0 Å². The van der Waals surface area contributed by atoms with Gasteiger partial charge in [0.15, 0.2) is 15.5 Å². The Hall–Kier alpha value is 1.11. The quantitative estimate of drug-likeness (QED) is 0.466. The molecule has 0 fully saturated rings. The molecule has 1 aromatic rings. The van der Waals surface area contributed by atoms with Gasteiger partial charge in [-0.05, 0) is 17.3 Å². The molecule has 9 heteroatoms. The van der Waals surface area contributed by atoms with Crippen LogP contribution in [0.1, 0.15) is 0 Å². The fraction of sp³-hybridized carbons (Fsp3) is 0.667. The van der Waals surface area contributed by atoms with Gasteiger partial charge in [0.05, 0.1) is 0 Å². The zero-order valence-corrected chi connectivity index (χ0v) is 14.8. The maximum atomic E-state index is 4.42. The molecule has 102 valence electrons. The van der Waals surface area contributed by atoms with Gasteiger partial charge in [0.25, 0.3) is 0 Å². The summed E-state index contributed by atoms with van der Waals surface area (Å²) < 4.78 is 0. The normalized spacial score (nSPS) is 10.8. The molecule has 3 nitrogen and oxygen atoms in total. The zero-order valence-electron chi connectivity index (χ0n) is 9.65. The Labute approximate surface area is 137 Å². The highest BCUT2D eigenvalue weighted by molar-refractivity contribution is 8.01. The standard InChI is InChI=1S/C9H15N3S6/c13-1-4-16-7-10-8(17-5-2-14)12-9(11-7)18-6-3-15/h13-15H,1-6H2. The van der Waals surface area contributed by atoms with Gasteiger partial charge in [0.2, 0.25) is 0 Å². The van der Waals surface area contributed by atoms with Crippen molar-refractivity contribution in [2.75, 3.05) is 34.5 Å². The molecule has 1 heterocycles. The monoisotopic (exact) mass is 357 g/mol. The molecule has 18 heavy (non-hydrogen) atoms. The van der Waals surface area contributed by atoms with Gasteiger partial charge in [-0.1, -0.05) is 35.3 Å². The van der Waals surface area contributed by atoms with Crippen LogP contribution in [0.2, 0.25) is 0 Å². The molecule has 0 aliphatic heterocycles. The van der Waals surface area contributed by atoms with Gasteiger partial charge in [-0.3, -0.25) is 0 Å². The Morgan fingerprint density at radius 2 is 0.889 bits per heavy atom. The van der Waals surface area contributed by atoms with Crippen molar-refractivity contribution < 1.29 is 0 Å². The topological polar surface area (TPSA) is 38.7 Å². The molecule has 0 saturated heterocycles. The van der Waals surface area contributed by atoms with E-state index in [9.17, 15) is 0 Å². The summed E-state index contributed by atoms with van der Waals surface area (Å²) in [4.78, 5) is 13.3. The van der Waals surface area contributed by atoms with Crippen molar-refractivity contribution in [1.82, 2.24) is 15.0 Å². The van der Waals surface area contributed by atoms with E-state index in [0.717, 1.165) is 50.0 Å². The largest absolute Gasteiger partial charge is 0.196 e. The molecule has 0 aromatic carbocycles. The molecule has 0 spiro atoms. The van der Waals surface area contributed by atoms with E-state index >= 15 is 0 Å². The van der Waals surface area contributed by atoms with Gasteiger partial charge in [-0.2, -0.15) is 52.8 Å². The minimum atomic E-state index is 0.780. The third-order valence-electron chi connectivity index (χ3n) is 1.54. The van der Waals surface area contributed by atoms with Crippen LogP contribution in [0.4, 0.5) is 0 Å². The van der Waals surface area contributed by atoms with Crippen molar-refractivity contribution in [3.8, 4) is 0 Å². The third kappa shape index (κ3) is 7.04. The number of aromatic nitrogens is 3. The fourth-order valence-electron chi connectivity index (χ4n) is 0.925. The first-order valence-corrected chi connectivity index (χ1v) is 10.1. The molecule has 1 aromatic heterocycles. The highest BCUT2D eigenvalue weighted by Gasteiger charge is 2.07. The van der Waals surface area contributed by atoms with Crippen LogP contribution in [0.15, 0.2) is 15.5 Å². The molecular formula is C9H15N3S6. The molecule has 0 saturated carbocycles. The molecule has 0 N–H and O–H groups in total. The number of hydrogen-bond donors (Lipinski definition) is 3. The number of hydrogen-bond acceptors (Lipinski definition) is 9. The minimum absolute atomic E-state index is 0.780. The lowest BCUT2D eigenvalue weighted by Crippen LogP contribution is -1.99. The molecule has 0 amide bonds. The molecule has 1 rings (SSSR count). The zero-order chi connectivity index (χ0) is 13.2. The van der Waals surface area contributed by atoms with Gasteiger partial charge < -0.3 is 0 Å². The molecule has 0 bridgehead atoms. The first kappa shape index (κ1) is 17.2. The first-order valence-electron chi connectivity index (χ1n) is 5.27. The third-order valence-corrected chi connectivity index (χ3v) is 5.67. The Morgan fingerprint density at radius 1 is 0.611 bits per heavy atom. The second-order valence-electron chi connectivity index (χ2n) is 2.90. The Morgan fingerprint density at radius 3 is 1.11 bits per heavy atom. The summed E-state index contributed by atoms with van der Waals surface area (Å²) >= 11 is 17.4. The second kappa shape index (κ2) is 10.8. The smallest absolute Gasteiger partial charge is 0.192 e. The van der Waals surface area contributed by atoms with Crippen molar-refractivity contribution in [2.24, 2.45) is 0 Å². The van der Waals surface area contributed by atoms with Crippen LogP contribution < -0.4 is 0 Å². The number of rotatable bonds is 9. The average Bonchev–Trinajstić information content (AvgIpc) is 2.40. The van der Waals surface area contributed by atoms with Crippen LogP contribution >= 0.6 is 73.2 Å². The maximum Gasteiger partial charge on any atom is 0.192 e. The van der Waals surface area contributed by atoms with E-state index in [2.05, 4.69) is 52.8 Å². The predicted molar refractivity (Wildman–Crippen MR) is 93.6 cm³/mol. The summed E-state index contributed by atoms with van der Waals surface area (Å²) in [5.41, 5.74) is 0. The summed E-state index contributed by atoms with van der Waals surface area (Å²) in [5.74, 6) is 5.15. The van der Waals surface area contributed by atoms with E-state index in [4.69, 9.17) is 0 Å². The van der Waals surface area contributed by atoms with Crippen LogP contribution in [0.5, 0.6) is 0 Å². The van der Waals surface area contributed by atoms with Gasteiger partial charge in [0, 0.05) is 17.3 Å². The SMILES string of the molecule is SCCSc1nc(SCCS)nc(SCCS)n1. The molecule has 0 radical (unpaired) electrons. The van der Waals surface area contributed by atoms with E-state index in [1.54, 1.807) is 35.3 Å². The summed E-state index contributed by atoms with van der Waals surface area (Å²) in [5, 5.41) is 2.34. The van der Waals surface area contributed by atoms with Crippen molar-refractivity contribution in [3.63, 3.8) is 0 Å². The van der Waals surface area contributed by atoms with Gasteiger partial charge >= 0.3 is 0 Å². The molecule has 0 unspecified atom stereocenters. The van der Waals surface area contributed by atoms with Crippen LogP contribution in [0, 0.1) is 0 Å². The Kier molecular flexibility index (Phi) is 10.3. The summed E-state index contributed by atoms with van der Waals surface area (Å²) in [7, 11) is 0. The van der Waals surface area contributed by atoms with Crippen LogP contribution in [-0.2, 0) is 0 Å². The molecule has 0 atom stereocenters. The number of nitrogens with zero attached hydrogens (tertiary/aromatic N) is 3. The lowest BCUT2D eigenvalue weighted by atomic mass is 11.0. The van der Waals surface area contributed by atoms with E-state index in [1.807, 2.05) is 0 Å². The van der Waals surface area contributed by atoms with Crippen LogP contribution in [-0.4, -0.2) is 49.5 Å². The average molecular weight is 358 g/mol. The highest BCUT2D eigenvalue weighted by atomic mass is 32.2. The lowest BCUT2D eigenvalue weighted by Gasteiger charge is -2.05. The summed E-state index contributed by atoms with van der Waals surface area (Å²) in [6, 6.07) is 0. The highest BCUT2D eigenvalue weighted by Crippen LogP contribution is 2.23. The second-order valence-corrected chi connectivity index (χ2v) is 7.43. The predicted octanol–water partition coefficient (Wildman–Crippen LogP) is 2.94. The molecular weight excluding hydrogens is 343 g/mol. The first-order chi connectivity index (χ1) is 8.80. The van der Waals surface area contributed by atoms with Crippen molar-refractivity contribution in [2.45, 2.75) is 15.5 Å². The molecule has 0 aliphatic rings. The van der Waals surface area contributed by atoms with Crippen molar-refractivity contribution >= 4 is 73.2 Å². The lowest BCUT2D eigenvalue weighted by molar-refractivity contribution is 0.718. The summed E-state index contributed by atoms with van der Waals surface area (Å²) in [6.45, 7) is 0. The fourth-order valence-corrected chi connectivity index (χ4v) is 3.65. The minimum Gasteiger partial charge on any atom is -0.196 e. The van der Waals surface area contributed by atoms with E-state index < -0.39 is 0 Å². The van der Waals surface area contributed by atoms with Crippen molar-refractivity contribution in [1.29, 1.82) is 0 Å². The van der Waals surface area contributed by atoms with Crippen LogP contribution in [0.25, 0.3) is 0 Å². The number of thioether (sulfide) groups is 3. The van der Waals surface area contributed by atoms with Crippen LogP contribution in [0.3, 0.4) is 0 Å². The van der Waals surface area contributed by atoms with Gasteiger partial charge in [-0.25, -0.2) is 0 Å². The molecule has 0 aliphatic carbocycles. The van der Waals surface area contributed by atoms with Crippen molar-refractivity contribution in [3.05, 3.63) is 0 Å². The van der Waals surface area contributed by atoms with Gasteiger partial charge in [-0.15, -0.1) is 0 Å². The van der Waals surface area contributed by atoms with Gasteiger partial charge in [0.1, 0.15) is 0 Å². The Balaban J connectivity index is 2.74. The van der Waals surface area contributed by atoms with E-state index in [1.165, 1.54) is 0 Å². The Bertz CT molecular complexity index is 286. The number of thiol groups is 3.